The van der Waals surface area contributed by atoms with Gasteiger partial charge in [-0.15, -0.1) is 0 Å². The summed E-state index contributed by atoms with van der Waals surface area (Å²) in [5.74, 6) is -1.44. The van der Waals surface area contributed by atoms with E-state index in [0.29, 0.717) is 0 Å². The molecule has 0 unspecified atom stereocenters. The highest BCUT2D eigenvalue weighted by molar-refractivity contribution is 6.14. The molecule has 0 bridgehead atoms. The van der Waals surface area contributed by atoms with Gasteiger partial charge in [0, 0.05) is 30.0 Å². The molecule has 0 spiro atoms. The molecule has 0 amide bonds. The molecule has 6 heteroatoms. The van der Waals surface area contributed by atoms with Crippen LogP contribution in [0.25, 0.3) is 5.69 Å². The van der Waals surface area contributed by atoms with Gasteiger partial charge in [0.1, 0.15) is 0 Å². The molecule has 0 fully saturated rings. The number of nitrogens with zero attached hydrogens (tertiary/aromatic N) is 1. The maximum Gasteiger partial charge on any atom is 0.347 e. The molecule has 0 atom stereocenters. The molecule has 0 aliphatic rings. The second kappa shape index (κ2) is 8.57. The highest BCUT2D eigenvalue weighted by atomic mass is 16.6. The quantitative estimate of drug-likeness (QED) is 0.366. The monoisotopic (exact) mass is 328 g/mol. The lowest BCUT2D eigenvalue weighted by Gasteiger charge is -2.09. The third kappa shape index (κ3) is 4.49. The number of esters is 2. The zero-order valence-corrected chi connectivity index (χ0v) is 13.7. The van der Waals surface area contributed by atoms with Crippen molar-refractivity contribution in [3.8, 4) is 5.69 Å². The van der Waals surface area contributed by atoms with E-state index in [1.54, 1.807) is 13.8 Å². The minimum atomic E-state index is -0.718. The first-order valence-electron chi connectivity index (χ1n) is 7.70. The Hall–Kier alpha value is -3.02. The van der Waals surface area contributed by atoms with Crippen molar-refractivity contribution in [3.63, 3.8) is 0 Å². The largest absolute Gasteiger partial charge is 0.462 e. The van der Waals surface area contributed by atoms with Gasteiger partial charge in [-0.25, -0.2) is 9.59 Å². The van der Waals surface area contributed by atoms with Gasteiger partial charge in [-0.3, -0.25) is 0 Å². The van der Waals surface area contributed by atoms with Crippen LogP contribution in [0.5, 0.6) is 0 Å². The molecule has 2 aromatic rings. The van der Waals surface area contributed by atoms with E-state index in [2.05, 4.69) is 5.32 Å². The van der Waals surface area contributed by atoms with Crippen LogP contribution in [0.15, 0.2) is 60.6 Å². The van der Waals surface area contributed by atoms with Crippen LogP contribution < -0.4 is 5.32 Å². The molecule has 1 aromatic heterocycles. The number of rotatable bonds is 7. The molecule has 24 heavy (non-hydrogen) atoms. The van der Waals surface area contributed by atoms with Crippen LogP contribution >= 0.6 is 0 Å². The minimum absolute atomic E-state index is 0.176. The number of aromatic nitrogens is 1. The Bertz CT molecular complexity index is 700. The molecule has 6 nitrogen and oxygen atoms in total. The van der Waals surface area contributed by atoms with Crippen molar-refractivity contribution in [1.29, 1.82) is 0 Å². The van der Waals surface area contributed by atoms with Crippen LogP contribution in [0.3, 0.4) is 0 Å². The van der Waals surface area contributed by atoms with Crippen molar-refractivity contribution in [1.82, 2.24) is 4.57 Å². The van der Waals surface area contributed by atoms with E-state index in [9.17, 15) is 9.59 Å². The molecule has 0 aliphatic carbocycles. The second-order valence-electron chi connectivity index (χ2n) is 4.78. The van der Waals surface area contributed by atoms with E-state index in [1.165, 1.54) is 6.20 Å². The van der Waals surface area contributed by atoms with Gasteiger partial charge in [0.25, 0.3) is 0 Å². The third-order valence-electron chi connectivity index (χ3n) is 3.12. The summed E-state index contributed by atoms with van der Waals surface area (Å²) in [5.41, 5.74) is 1.50. The molecule has 1 aromatic carbocycles. The zero-order chi connectivity index (χ0) is 17.4. The smallest absolute Gasteiger partial charge is 0.347 e. The van der Waals surface area contributed by atoms with E-state index < -0.39 is 11.9 Å². The molecule has 1 N–H and O–H groups in total. The Morgan fingerprint density at radius 2 is 1.67 bits per heavy atom. The maximum absolute atomic E-state index is 11.9. The highest BCUT2D eigenvalue weighted by Gasteiger charge is 2.20. The van der Waals surface area contributed by atoms with E-state index in [0.717, 1.165) is 11.4 Å². The predicted octanol–water partition coefficient (Wildman–Crippen LogP) is 2.90. The standard InChI is InChI=1S/C18H20N2O4/c1-3-23-17(21)16(18(22)24-4-2)13-19-14-8-7-9-15(12-14)20-10-5-6-11-20/h5-13,19H,3-4H2,1-2H3. The lowest BCUT2D eigenvalue weighted by molar-refractivity contribution is -0.146. The minimum Gasteiger partial charge on any atom is -0.462 e. The molecule has 0 saturated carbocycles. The first kappa shape index (κ1) is 17.3. The number of hydrogen-bond acceptors (Lipinski definition) is 5. The highest BCUT2D eigenvalue weighted by Crippen LogP contribution is 2.15. The summed E-state index contributed by atoms with van der Waals surface area (Å²) in [5, 5.41) is 2.95. The Labute approximate surface area is 140 Å². The van der Waals surface area contributed by atoms with Crippen LogP contribution in [0, 0.1) is 0 Å². The topological polar surface area (TPSA) is 69.6 Å². The number of hydrogen-bond donors (Lipinski definition) is 1. The second-order valence-corrected chi connectivity index (χ2v) is 4.78. The molecule has 0 saturated heterocycles. The normalized spacial score (nSPS) is 9.92. The molecular formula is C18H20N2O4. The van der Waals surface area contributed by atoms with Crippen molar-refractivity contribution >= 4 is 17.6 Å². The fourth-order valence-electron chi connectivity index (χ4n) is 2.04. The van der Waals surface area contributed by atoms with Crippen molar-refractivity contribution in [2.75, 3.05) is 18.5 Å². The maximum atomic E-state index is 11.9. The lowest BCUT2D eigenvalue weighted by atomic mass is 10.2. The SMILES string of the molecule is CCOC(=O)C(=CNc1cccc(-n2cccc2)c1)C(=O)OCC. The van der Waals surface area contributed by atoms with E-state index in [4.69, 9.17) is 9.47 Å². The number of carbonyl (C=O) groups excluding carboxylic acids is 2. The van der Waals surface area contributed by atoms with Crippen LogP contribution in [-0.4, -0.2) is 29.7 Å². The van der Waals surface area contributed by atoms with Gasteiger partial charge in [0.2, 0.25) is 0 Å². The average Bonchev–Trinajstić information content (AvgIpc) is 3.10. The van der Waals surface area contributed by atoms with Crippen LogP contribution in [0.2, 0.25) is 0 Å². The molecular weight excluding hydrogens is 308 g/mol. The van der Waals surface area contributed by atoms with Crippen molar-refractivity contribution in [3.05, 3.63) is 60.6 Å². The van der Waals surface area contributed by atoms with Crippen molar-refractivity contribution < 1.29 is 19.1 Å². The fourth-order valence-corrected chi connectivity index (χ4v) is 2.04. The number of ether oxygens (including phenoxy) is 2. The first-order chi connectivity index (χ1) is 11.7. The summed E-state index contributed by atoms with van der Waals surface area (Å²) in [7, 11) is 0. The van der Waals surface area contributed by atoms with Gasteiger partial charge >= 0.3 is 11.9 Å². The Kier molecular flexibility index (Phi) is 6.19. The Morgan fingerprint density at radius 3 is 2.25 bits per heavy atom. The number of benzene rings is 1. The van der Waals surface area contributed by atoms with Crippen LogP contribution in [-0.2, 0) is 19.1 Å². The summed E-state index contributed by atoms with van der Waals surface area (Å²) in [6.45, 7) is 3.71. The molecule has 0 aliphatic heterocycles. The average molecular weight is 328 g/mol. The summed E-state index contributed by atoms with van der Waals surface area (Å²) < 4.78 is 11.7. The van der Waals surface area contributed by atoms with Gasteiger partial charge < -0.3 is 19.4 Å². The third-order valence-corrected chi connectivity index (χ3v) is 3.12. The summed E-state index contributed by atoms with van der Waals surface area (Å²) >= 11 is 0. The van der Waals surface area contributed by atoms with E-state index in [-0.39, 0.29) is 18.8 Å². The predicted molar refractivity (Wildman–Crippen MR) is 90.7 cm³/mol. The molecule has 0 radical (unpaired) electrons. The number of carbonyl (C=O) groups is 2. The Morgan fingerprint density at radius 1 is 1.04 bits per heavy atom. The first-order valence-corrected chi connectivity index (χ1v) is 7.70. The molecule has 2 rings (SSSR count). The van der Waals surface area contributed by atoms with Crippen LogP contribution in [0.4, 0.5) is 5.69 Å². The fraction of sp³-hybridized carbons (Fsp3) is 0.222. The number of nitrogens with one attached hydrogen (secondary N) is 1. The zero-order valence-electron chi connectivity index (χ0n) is 13.7. The van der Waals surface area contributed by atoms with Crippen LogP contribution in [0.1, 0.15) is 13.8 Å². The summed E-state index contributed by atoms with van der Waals surface area (Å²) in [4.78, 5) is 23.8. The van der Waals surface area contributed by atoms with E-state index >= 15 is 0 Å². The molecule has 1 heterocycles. The Balaban J connectivity index is 2.20. The van der Waals surface area contributed by atoms with Gasteiger partial charge in [0.05, 0.1) is 13.2 Å². The van der Waals surface area contributed by atoms with Crippen molar-refractivity contribution in [2.45, 2.75) is 13.8 Å². The van der Waals surface area contributed by atoms with Gasteiger partial charge in [0.15, 0.2) is 5.57 Å². The lowest BCUT2D eigenvalue weighted by Crippen LogP contribution is -2.19. The number of anilines is 1. The van der Waals surface area contributed by atoms with E-state index in [1.807, 2.05) is 53.4 Å². The summed E-state index contributed by atoms with van der Waals surface area (Å²) in [6, 6.07) is 11.4. The van der Waals surface area contributed by atoms with Gasteiger partial charge in [-0.2, -0.15) is 0 Å². The van der Waals surface area contributed by atoms with Gasteiger partial charge in [-0.1, -0.05) is 6.07 Å². The summed E-state index contributed by atoms with van der Waals surface area (Å²) in [6.07, 6.45) is 5.17. The molecule has 126 valence electrons. The van der Waals surface area contributed by atoms with Crippen molar-refractivity contribution in [2.24, 2.45) is 0 Å². The van der Waals surface area contributed by atoms with Gasteiger partial charge in [-0.05, 0) is 44.2 Å².